The molecule has 39 heavy (non-hydrogen) atoms. The summed E-state index contributed by atoms with van der Waals surface area (Å²) in [4.78, 5) is 50.7. The van der Waals surface area contributed by atoms with Crippen molar-refractivity contribution in [2.45, 2.75) is 128 Å². The van der Waals surface area contributed by atoms with Gasteiger partial charge in [0, 0.05) is 39.0 Å². The Hall–Kier alpha value is -2.50. The van der Waals surface area contributed by atoms with Gasteiger partial charge in [-0.2, -0.15) is 0 Å². The lowest BCUT2D eigenvalue weighted by Gasteiger charge is -2.54. The Labute approximate surface area is 227 Å². The predicted molar refractivity (Wildman–Crippen MR) is 132 cm³/mol. The first-order valence-corrected chi connectivity index (χ1v) is 13.6. The Morgan fingerprint density at radius 3 is 2.36 bits per heavy atom. The lowest BCUT2D eigenvalue weighted by molar-refractivity contribution is -0.225. The van der Waals surface area contributed by atoms with Crippen LogP contribution in [0.25, 0.3) is 0 Å². The summed E-state index contributed by atoms with van der Waals surface area (Å²) in [6, 6.07) is 0. The van der Waals surface area contributed by atoms with Crippen LogP contribution >= 0.6 is 0 Å². The lowest BCUT2D eigenvalue weighted by Crippen LogP contribution is -2.67. The second-order valence-corrected chi connectivity index (χ2v) is 12.2. The van der Waals surface area contributed by atoms with E-state index >= 15 is 0 Å². The van der Waals surface area contributed by atoms with E-state index in [0.29, 0.717) is 12.0 Å². The zero-order valence-corrected chi connectivity index (χ0v) is 23.5. The molecule has 216 valence electrons. The molecule has 0 radical (unpaired) electrons. The van der Waals surface area contributed by atoms with Crippen LogP contribution in [0.2, 0.25) is 0 Å². The van der Waals surface area contributed by atoms with E-state index in [2.05, 4.69) is 0 Å². The van der Waals surface area contributed by atoms with Gasteiger partial charge in [0.25, 0.3) is 0 Å². The van der Waals surface area contributed by atoms with Crippen molar-refractivity contribution < 1.29 is 52.7 Å². The minimum atomic E-state index is -1.43. The number of hydrogen-bond donors (Lipinski definition) is 1. The summed E-state index contributed by atoms with van der Waals surface area (Å²) >= 11 is 0. The highest BCUT2D eigenvalue weighted by Crippen LogP contribution is 2.69. The van der Waals surface area contributed by atoms with Gasteiger partial charge in [0.1, 0.15) is 18.3 Å². The molecule has 1 spiro atoms. The first-order chi connectivity index (χ1) is 18.1. The summed E-state index contributed by atoms with van der Waals surface area (Å²) in [5, 5.41) is 12.3. The molecule has 3 heterocycles. The smallest absolute Gasteiger partial charge is 0.342 e. The van der Waals surface area contributed by atoms with Gasteiger partial charge in [-0.3, -0.25) is 14.4 Å². The minimum Gasteiger partial charge on any atom is -0.462 e. The molecule has 11 heteroatoms. The van der Waals surface area contributed by atoms with Crippen molar-refractivity contribution in [2.24, 2.45) is 11.3 Å². The number of fused-ring (bicyclic) bond motifs is 3. The zero-order valence-electron chi connectivity index (χ0n) is 23.5. The highest BCUT2D eigenvalue weighted by atomic mass is 16.7. The summed E-state index contributed by atoms with van der Waals surface area (Å²) in [6.07, 6.45) is -2.90. The van der Waals surface area contributed by atoms with E-state index in [4.69, 9.17) is 28.4 Å². The molecule has 3 saturated heterocycles. The van der Waals surface area contributed by atoms with Crippen molar-refractivity contribution in [3.63, 3.8) is 0 Å². The average molecular weight is 551 g/mol. The highest BCUT2D eigenvalue weighted by molar-refractivity contribution is 5.89. The maximum Gasteiger partial charge on any atom is 0.342 e. The number of carbonyl (C=O) groups excluding carboxylic acids is 4. The van der Waals surface area contributed by atoms with Gasteiger partial charge >= 0.3 is 23.9 Å². The standard InChI is InChI=1S/C28H38O11/c1-8-9-20(31)37-23-16(34-14(3)29)10-13(2)11-19-28(27(7,39-28)24(33)36-19)22(32)21-25(23,5)17(35-15(4)30)12-18-26(21,6)38-18/h11,16-19,21-23,32H,8-10,12H2,1-7H3/b13-11-. The van der Waals surface area contributed by atoms with Gasteiger partial charge in [-0.05, 0) is 33.3 Å². The summed E-state index contributed by atoms with van der Waals surface area (Å²) in [7, 11) is 0. The van der Waals surface area contributed by atoms with E-state index < -0.39 is 82.5 Å². The molecule has 11 atom stereocenters. The molecule has 4 fully saturated rings. The van der Waals surface area contributed by atoms with Crippen molar-refractivity contribution in [3.8, 4) is 0 Å². The van der Waals surface area contributed by atoms with E-state index in [1.165, 1.54) is 13.8 Å². The Morgan fingerprint density at radius 2 is 1.77 bits per heavy atom. The van der Waals surface area contributed by atoms with E-state index in [1.807, 2.05) is 13.8 Å². The molecule has 2 aliphatic carbocycles. The van der Waals surface area contributed by atoms with Crippen molar-refractivity contribution >= 4 is 23.9 Å². The van der Waals surface area contributed by atoms with E-state index in [1.54, 1.807) is 26.8 Å². The predicted octanol–water partition coefficient (Wildman–Crippen LogP) is 1.91. The summed E-state index contributed by atoms with van der Waals surface area (Å²) in [5.41, 5.74) is -4.41. The number of aliphatic hydroxyl groups excluding tert-OH is 1. The molecule has 0 aromatic heterocycles. The largest absolute Gasteiger partial charge is 0.462 e. The van der Waals surface area contributed by atoms with Crippen LogP contribution in [-0.4, -0.2) is 82.4 Å². The van der Waals surface area contributed by atoms with Crippen LogP contribution in [0.15, 0.2) is 11.6 Å². The number of carbonyl (C=O) groups is 4. The lowest BCUT2D eigenvalue weighted by atomic mass is 9.53. The average Bonchev–Trinajstić information content (AvgIpc) is 3.65. The molecule has 5 rings (SSSR count). The normalized spacial score (nSPS) is 49.0. The molecule has 1 saturated carbocycles. The molecule has 0 aromatic carbocycles. The van der Waals surface area contributed by atoms with Crippen LogP contribution in [0.5, 0.6) is 0 Å². The van der Waals surface area contributed by atoms with Crippen LogP contribution in [0.3, 0.4) is 0 Å². The van der Waals surface area contributed by atoms with Crippen LogP contribution in [0.4, 0.5) is 0 Å². The number of esters is 4. The topological polar surface area (TPSA) is 150 Å². The number of rotatable bonds is 5. The van der Waals surface area contributed by atoms with Gasteiger partial charge < -0.3 is 33.5 Å². The summed E-state index contributed by atoms with van der Waals surface area (Å²) in [6.45, 7) is 11.4. The quantitative estimate of drug-likeness (QED) is 0.231. The van der Waals surface area contributed by atoms with Gasteiger partial charge in [0.05, 0.1) is 23.2 Å². The third-order valence-electron chi connectivity index (χ3n) is 9.51. The minimum absolute atomic E-state index is 0.117. The monoisotopic (exact) mass is 550 g/mol. The summed E-state index contributed by atoms with van der Waals surface area (Å²) in [5.74, 6) is -3.13. The van der Waals surface area contributed by atoms with Gasteiger partial charge in [0.2, 0.25) is 0 Å². The van der Waals surface area contributed by atoms with Crippen LogP contribution < -0.4 is 0 Å². The molecule has 11 nitrogen and oxygen atoms in total. The van der Waals surface area contributed by atoms with Gasteiger partial charge in [-0.1, -0.05) is 19.4 Å². The molecular weight excluding hydrogens is 512 g/mol. The number of hydrogen-bond acceptors (Lipinski definition) is 11. The van der Waals surface area contributed by atoms with E-state index in [0.717, 1.165) is 0 Å². The molecule has 5 aliphatic rings. The zero-order chi connectivity index (χ0) is 28.7. The second-order valence-electron chi connectivity index (χ2n) is 12.2. The fourth-order valence-electron chi connectivity index (χ4n) is 7.63. The molecule has 0 bridgehead atoms. The molecule has 3 aliphatic heterocycles. The summed E-state index contributed by atoms with van der Waals surface area (Å²) < 4.78 is 35.7. The molecular formula is C28H38O11. The molecule has 11 unspecified atom stereocenters. The Kier molecular flexibility index (Phi) is 6.48. The van der Waals surface area contributed by atoms with Crippen molar-refractivity contribution in [1.82, 2.24) is 0 Å². The maximum atomic E-state index is 13.1. The van der Waals surface area contributed by atoms with Crippen molar-refractivity contribution in [3.05, 3.63) is 11.6 Å². The first kappa shape index (κ1) is 28.0. The molecule has 0 amide bonds. The van der Waals surface area contributed by atoms with Gasteiger partial charge in [-0.25, -0.2) is 4.79 Å². The van der Waals surface area contributed by atoms with Crippen molar-refractivity contribution in [2.75, 3.05) is 0 Å². The van der Waals surface area contributed by atoms with Crippen LogP contribution in [-0.2, 0) is 47.6 Å². The second kappa shape index (κ2) is 9.01. The SMILES string of the molecule is CCCC(=O)OC1C(OC(C)=O)C/C(C)=C\C2OC(=O)C3(C)OC23C(O)C2C3(C)OC3CC(OC(C)=O)C12C. The first-order valence-electron chi connectivity index (χ1n) is 13.6. The Bertz CT molecular complexity index is 1130. The van der Waals surface area contributed by atoms with Crippen LogP contribution in [0, 0.1) is 11.3 Å². The Morgan fingerprint density at radius 1 is 1.10 bits per heavy atom. The van der Waals surface area contributed by atoms with Gasteiger partial charge in [0.15, 0.2) is 17.3 Å². The highest BCUT2D eigenvalue weighted by Gasteiger charge is 2.88. The fourth-order valence-corrected chi connectivity index (χ4v) is 7.63. The molecule has 1 N–H and O–H groups in total. The Balaban J connectivity index is 1.74. The number of epoxide rings is 2. The van der Waals surface area contributed by atoms with Crippen LogP contribution in [0.1, 0.15) is 74.1 Å². The fraction of sp³-hybridized carbons (Fsp3) is 0.786. The molecule has 0 aromatic rings. The van der Waals surface area contributed by atoms with E-state index in [9.17, 15) is 24.3 Å². The third kappa shape index (κ3) is 3.94. The van der Waals surface area contributed by atoms with Crippen molar-refractivity contribution in [1.29, 1.82) is 0 Å². The number of aliphatic hydroxyl groups is 1. The van der Waals surface area contributed by atoms with E-state index in [-0.39, 0.29) is 25.4 Å². The third-order valence-corrected chi connectivity index (χ3v) is 9.51. The van der Waals surface area contributed by atoms with Gasteiger partial charge in [-0.15, -0.1) is 0 Å². The maximum absolute atomic E-state index is 13.1. The number of ether oxygens (including phenoxy) is 6.